The van der Waals surface area contributed by atoms with Crippen molar-refractivity contribution in [2.45, 2.75) is 46.1 Å². The van der Waals surface area contributed by atoms with Crippen molar-refractivity contribution in [1.82, 2.24) is 15.0 Å². The topological polar surface area (TPSA) is 87.5 Å². The normalized spacial score (nSPS) is 12.2. The Morgan fingerprint density at radius 2 is 1.82 bits per heavy atom. The van der Waals surface area contributed by atoms with Crippen molar-refractivity contribution >= 4 is 34.2 Å². The van der Waals surface area contributed by atoms with E-state index in [-0.39, 0.29) is 23.1 Å². The molecule has 182 valence electrons. The van der Waals surface area contributed by atoms with Crippen molar-refractivity contribution in [3.8, 4) is 22.9 Å². The van der Waals surface area contributed by atoms with Crippen molar-refractivity contribution in [3.05, 3.63) is 53.3 Å². The summed E-state index contributed by atoms with van der Waals surface area (Å²) in [7, 11) is 3.16. The molecule has 1 N–H and O–H groups in total. The zero-order valence-electron chi connectivity index (χ0n) is 20.6. The van der Waals surface area contributed by atoms with Crippen LogP contribution in [-0.4, -0.2) is 45.7 Å². The van der Waals surface area contributed by atoms with Crippen LogP contribution in [0, 0.1) is 6.92 Å². The second kappa shape index (κ2) is 10.6. The van der Waals surface area contributed by atoms with Gasteiger partial charge in [-0.1, -0.05) is 54.6 Å². The summed E-state index contributed by atoms with van der Waals surface area (Å²) in [5.41, 5.74) is 2.99. The largest absolute Gasteiger partial charge is 0.497 e. The molecule has 0 fully saturated rings. The number of nitrogens with one attached hydrogen (secondary N) is 1. The molecule has 8 nitrogen and oxygen atoms in total. The van der Waals surface area contributed by atoms with Crippen LogP contribution in [0.2, 0.25) is 0 Å². The van der Waals surface area contributed by atoms with E-state index < -0.39 is 0 Å². The number of carbonyl (C=O) groups is 1. The van der Waals surface area contributed by atoms with Crippen LogP contribution in [-0.2, 0) is 5.41 Å². The lowest BCUT2D eigenvalue weighted by Gasteiger charge is -2.22. The molecule has 34 heavy (non-hydrogen) atoms. The highest BCUT2D eigenvalue weighted by atomic mass is 127. The molecule has 3 rings (SSSR count). The summed E-state index contributed by atoms with van der Waals surface area (Å²) in [5.74, 6) is 1.47. The Bertz CT molecular complexity index is 1170. The minimum absolute atomic E-state index is 0.000115. The van der Waals surface area contributed by atoms with Crippen LogP contribution in [0.5, 0.6) is 17.2 Å². The molecule has 0 aliphatic rings. The highest BCUT2D eigenvalue weighted by molar-refractivity contribution is 14.1. The fourth-order valence-corrected chi connectivity index (χ4v) is 3.54. The van der Waals surface area contributed by atoms with Crippen molar-refractivity contribution in [2.75, 3.05) is 24.0 Å². The van der Waals surface area contributed by atoms with Gasteiger partial charge in [0.15, 0.2) is 5.69 Å². The molecule has 1 amide bonds. The third kappa shape index (κ3) is 5.63. The Morgan fingerprint density at radius 1 is 1.12 bits per heavy atom. The van der Waals surface area contributed by atoms with Gasteiger partial charge in [0, 0.05) is 10.5 Å². The number of nitrogens with zero attached hydrogens (tertiary/aromatic N) is 3. The van der Waals surface area contributed by atoms with E-state index in [1.165, 1.54) is 0 Å². The smallest absolute Gasteiger partial charge is 0.278 e. The number of carbonyl (C=O) groups excluding carboxylic acids is 1. The second-order valence-electron chi connectivity index (χ2n) is 8.97. The monoisotopic (exact) mass is 578 g/mol. The number of hydrogen-bond donors (Lipinski definition) is 1. The van der Waals surface area contributed by atoms with E-state index in [2.05, 4.69) is 59.0 Å². The highest BCUT2D eigenvalue weighted by Crippen LogP contribution is 2.33. The predicted octanol–water partition coefficient (Wildman–Crippen LogP) is 5.35. The van der Waals surface area contributed by atoms with Crippen LogP contribution in [0.15, 0.2) is 36.4 Å². The minimum Gasteiger partial charge on any atom is -0.497 e. The molecule has 3 aromatic rings. The van der Waals surface area contributed by atoms with Crippen molar-refractivity contribution in [2.24, 2.45) is 0 Å². The Kier molecular flexibility index (Phi) is 8.06. The molecule has 0 saturated heterocycles. The SMILES string of the molecule is COc1ccc(OC)c(-n2nnc(C(=O)Nc3cc(C(C)(C)C)ccc3OC(C)CI)c2C)c1. The van der Waals surface area contributed by atoms with Gasteiger partial charge < -0.3 is 19.5 Å². The van der Waals surface area contributed by atoms with Gasteiger partial charge in [0.2, 0.25) is 0 Å². The number of rotatable bonds is 8. The summed E-state index contributed by atoms with van der Waals surface area (Å²) in [6.07, 6.45) is -0.000115. The third-order valence-electron chi connectivity index (χ3n) is 5.36. The molecule has 9 heteroatoms. The van der Waals surface area contributed by atoms with Gasteiger partial charge in [-0.25, -0.2) is 4.68 Å². The fraction of sp³-hybridized carbons (Fsp3) is 0.400. The van der Waals surface area contributed by atoms with Gasteiger partial charge >= 0.3 is 0 Å². The van der Waals surface area contributed by atoms with Gasteiger partial charge in [-0.15, -0.1) is 5.10 Å². The number of benzene rings is 2. The lowest BCUT2D eigenvalue weighted by atomic mass is 9.87. The van der Waals surface area contributed by atoms with Crippen LogP contribution in [0.3, 0.4) is 0 Å². The number of alkyl halides is 1. The average Bonchev–Trinajstić information content (AvgIpc) is 3.19. The first-order valence-electron chi connectivity index (χ1n) is 10.9. The molecule has 1 unspecified atom stereocenters. The van der Waals surface area contributed by atoms with Gasteiger partial charge in [-0.3, -0.25) is 4.79 Å². The molecule has 1 atom stereocenters. The van der Waals surface area contributed by atoms with Crippen LogP contribution >= 0.6 is 22.6 Å². The standard InChI is InChI=1S/C25H31IN4O4/c1-15(14-26)34-21-10-8-17(25(3,4)5)12-19(21)27-24(31)23-16(2)30(29-28-23)20-13-18(32-6)9-11-22(20)33-7/h8-13,15H,14H2,1-7H3,(H,27,31). The summed E-state index contributed by atoms with van der Waals surface area (Å²) >= 11 is 2.28. The van der Waals surface area contributed by atoms with Gasteiger partial charge in [0.05, 0.1) is 25.6 Å². The summed E-state index contributed by atoms with van der Waals surface area (Å²) in [5, 5.41) is 11.4. The summed E-state index contributed by atoms with van der Waals surface area (Å²) in [6, 6.07) is 11.3. The maximum absolute atomic E-state index is 13.3. The number of methoxy groups -OCH3 is 2. The van der Waals surface area contributed by atoms with Crippen LogP contribution < -0.4 is 19.5 Å². The van der Waals surface area contributed by atoms with Gasteiger partial charge in [0.1, 0.15) is 29.0 Å². The molecule has 0 bridgehead atoms. The van der Waals surface area contributed by atoms with Crippen LogP contribution in [0.25, 0.3) is 5.69 Å². The molecule has 1 aromatic heterocycles. The van der Waals surface area contributed by atoms with Crippen molar-refractivity contribution < 1.29 is 19.0 Å². The molecule has 0 aliphatic carbocycles. The van der Waals surface area contributed by atoms with Crippen molar-refractivity contribution in [3.63, 3.8) is 0 Å². The molecule has 1 heterocycles. The number of halogens is 1. The zero-order valence-corrected chi connectivity index (χ0v) is 22.8. The summed E-state index contributed by atoms with van der Waals surface area (Å²) in [6.45, 7) is 10.2. The minimum atomic E-state index is -0.372. The molecule has 0 saturated carbocycles. The van der Waals surface area contributed by atoms with E-state index in [1.54, 1.807) is 44.0 Å². The van der Waals surface area contributed by atoms with E-state index in [1.807, 2.05) is 25.1 Å². The molecule has 0 aliphatic heterocycles. The van der Waals surface area contributed by atoms with E-state index in [4.69, 9.17) is 14.2 Å². The predicted molar refractivity (Wildman–Crippen MR) is 141 cm³/mol. The molecule has 0 radical (unpaired) electrons. The fourth-order valence-electron chi connectivity index (χ4n) is 3.36. The first kappa shape index (κ1) is 25.8. The lowest BCUT2D eigenvalue weighted by molar-refractivity contribution is 0.102. The number of hydrogen-bond acceptors (Lipinski definition) is 6. The van der Waals surface area contributed by atoms with Gasteiger partial charge in [0.25, 0.3) is 5.91 Å². The molecule has 2 aromatic carbocycles. The van der Waals surface area contributed by atoms with Gasteiger partial charge in [-0.05, 0) is 49.1 Å². The zero-order chi connectivity index (χ0) is 25.0. The van der Waals surface area contributed by atoms with E-state index in [0.29, 0.717) is 34.3 Å². The number of aromatic nitrogens is 3. The molecular formula is C25H31IN4O4. The first-order chi connectivity index (χ1) is 16.1. The van der Waals surface area contributed by atoms with E-state index in [0.717, 1.165) is 9.99 Å². The average molecular weight is 578 g/mol. The quantitative estimate of drug-likeness (QED) is 0.287. The van der Waals surface area contributed by atoms with Gasteiger partial charge in [-0.2, -0.15) is 0 Å². The summed E-state index contributed by atoms with van der Waals surface area (Å²) in [4.78, 5) is 13.3. The van der Waals surface area contributed by atoms with E-state index >= 15 is 0 Å². The summed E-state index contributed by atoms with van der Waals surface area (Å²) < 4.78 is 19.3. The first-order valence-corrected chi connectivity index (χ1v) is 12.4. The molecule has 0 spiro atoms. The van der Waals surface area contributed by atoms with E-state index in [9.17, 15) is 4.79 Å². The Labute approximate surface area is 214 Å². The van der Waals surface area contributed by atoms with Crippen molar-refractivity contribution in [1.29, 1.82) is 0 Å². The lowest BCUT2D eigenvalue weighted by Crippen LogP contribution is -2.19. The Morgan fingerprint density at radius 3 is 2.44 bits per heavy atom. The maximum atomic E-state index is 13.3. The number of ether oxygens (including phenoxy) is 3. The Hall–Kier alpha value is -2.82. The van der Waals surface area contributed by atoms with Crippen LogP contribution in [0.4, 0.5) is 5.69 Å². The maximum Gasteiger partial charge on any atom is 0.278 e. The number of anilines is 1. The molecular weight excluding hydrogens is 547 g/mol. The Balaban J connectivity index is 1.98. The second-order valence-corrected chi connectivity index (χ2v) is 9.85. The third-order valence-corrected chi connectivity index (χ3v) is 6.60. The van der Waals surface area contributed by atoms with Crippen LogP contribution in [0.1, 0.15) is 49.4 Å². The highest BCUT2D eigenvalue weighted by Gasteiger charge is 2.23. The number of amides is 1.